The Balaban J connectivity index is 2.19. The van der Waals surface area contributed by atoms with E-state index in [4.69, 9.17) is 23.2 Å². The van der Waals surface area contributed by atoms with Crippen molar-refractivity contribution in [3.05, 3.63) is 69.2 Å². The van der Waals surface area contributed by atoms with Crippen molar-refractivity contribution in [2.45, 2.75) is 45.5 Å². The average Bonchev–Trinajstić information content (AvgIpc) is 2.71. The van der Waals surface area contributed by atoms with Gasteiger partial charge >= 0.3 is 0 Å². The van der Waals surface area contributed by atoms with Gasteiger partial charge in [-0.3, -0.25) is 9.59 Å². The minimum Gasteiger partial charge on any atom is -0.355 e. The molecular formula is C23H28Cl2N2O2S. The molecule has 4 nitrogen and oxygen atoms in total. The summed E-state index contributed by atoms with van der Waals surface area (Å²) in [6, 6.07) is 12.8. The zero-order chi connectivity index (χ0) is 22.1. The van der Waals surface area contributed by atoms with Gasteiger partial charge < -0.3 is 10.2 Å². The van der Waals surface area contributed by atoms with Gasteiger partial charge in [0.25, 0.3) is 0 Å². The van der Waals surface area contributed by atoms with Gasteiger partial charge in [0.15, 0.2) is 0 Å². The summed E-state index contributed by atoms with van der Waals surface area (Å²) >= 11 is 14.2. The first kappa shape index (κ1) is 24.6. The van der Waals surface area contributed by atoms with E-state index in [-0.39, 0.29) is 24.1 Å². The molecule has 0 aliphatic heterocycles. The number of amides is 2. The van der Waals surface area contributed by atoms with Crippen LogP contribution in [0.3, 0.4) is 0 Å². The molecule has 0 radical (unpaired) electrons. The Morgan fingerprint density at radius 3 is 2.33 bits per heavy atom. The van der Waals surface area contributed by atoms with Crippen LogP contribution < -0.4 is 5.32 Å². The molecule has 0 saturated carbocycles. The number of nitrogens with zero attached hydrogens (tertiary/aromatic N) is 1. The largest absolute Gasteiger partial charge is 0.355 e. The summed E-state index contributed by atoms with van der Waals surface area (Å²) in [4.78, 5) is 27.4. The Morgan fingerprint density at radius 1 is 1.07 bits per heavy atom. The molecular weight excluding hydrogens is 439 g/mol. The second-order valence-electron chi connectivity index (χ2n) is 6.96. The van der Waals surface area contributed by atoms with E-state index in [0.717, 1.165) is 5.75 Å². The number of carbonyl (C=O) groups is 2. The Hall–Kier alpha value is -1.69. The molecule has 0 bridgehead atoms. The number of halogens is 2. The van der Waals surface area contributed by atoms with E-state index in [2.05, 4.69) is 24.4 Å². The van der Waals surface area contributed by atoms with Crippen molar-refractivity contribution in [2.24, 2.45) is 0 Å². The third kappa shape index (κ3) is 6.66. The van der Waals surface area contributed by atoms with Gasteiger partial charge in [-0.15, -0.1) is 11.8 Å². The first-order valence-corrected chi connectivity index (χ1v) is 11.9. The molecule has 0 fully saturated rings. The fourth-order valence-corrected chi connectivity index (χ4v) is 4.67. The van der Waals surface area contributed by atoms with E-state index in [0.29, 0.717) is 28.6 Å². The summed E-state index contributed by atoms with van der Waals surface area (Å²) in [5.41, 5.74) is 3.05. The van der Waals surface area contributed by atoms with Gasteiger partial charge in [0.05, 0.1) is 5.75 Å². The smallest absolute Gasteiger partial charge is 0.242 e. The van der Waals surface area contributed by atoms with E-state index in [1.807, 2.05) is 26.0 Å². The van der Waals surface area contributed by atoms with Crippen LogP contribution in [0, 0.1) is 6.92 Å². The minimum absolute atomic E-state index is 0.109. The van der Waals surface area contributed by atoms with Crippen LogP contribution in [0.4, 0.5) is 0 Å². The predicted octanol–water partition coefficient (Wildman–Crippen LogP) is 5.48. The summed E-state index contributed by atoms with van der Waals surface area (Å²) in [7, 11) is 0. The van der Waals surface area contributed by atoms with E-state index >= 15 is 0 Å². The van der Waals surface area contributed by atoms with Crippen molar-refractivity contribution in [3.63, 3.8) is 0 Å². The standard InChI is InChI=1S/C23H28Cl2N2O2S/c1-4-21(23(29)26-5-2)27(13-18-19(24)11-8-12-20(18)25)22(28)15-30-14-17-10-7-6-9-16(17)3/h6-12,21H,4-5,13-15H2,1-3H3,(H,26,29). The lowest BCUT2D eigenvalue weighted by atomic mass is 10.1. The summed E-state index contributed by atoms with van der Waals surface area (Å²) in [6.45, 7) is 6.52. The number of hydrogen-bond acceptors (Lipinski definition) is 3. The number of carbonyl (C=O) groups excluding carboxylic acids is 2. The third-order valence-electron chi connectivity index (χ3n) is 4.87. The molecule has 0 spiro atoms. The number of thioether (sulfide) groups is 1. The van der Waals surface area contributed by atoms with Crippen molar-refractivity contribution in [2.75, 3.05) is 12.3 Å². The van der Waals surface area contributed by atoms with Crippen molar-refractivity contribution in [1.29, 1.82) is 0 Å². The van der Waals surface area contributed by atoms with Gasteiger partial charge in [0.1, 0.15) is 6.04 Å². The van der Waals surface area contributed by atoms with Crippen LogP contribution in [0.15, 0.2) is 42.5 Å². The molecule has 0 aromatic heterocycles. The quantitative estimate of drug-likeness (QED) is 0.504. The van der Waals surface area contributed by atoms with E-state index < -0.39 is 6.04 Å². The van der Waals surface area contributed by atoms with Crippen LogP contribution >= 0.6 is 35.0 Å². The monoisotopic (exact) mass is 466 g/mol. The van der Waals surface area contributed by atoms with Gasteiger partial charge in [-0.05, 0) is 43.5 Å². The van der Waals surface area contributed by atoms with E-state index in [1.165, 1.54) is 22.9 Å². The highest BCUT2D eigenvalue weighted by Gasteiger charge is 2.29. The second kappa shape index (κ2) is 12.2. The number of likely N-dealkylation sites (N-methyl/N-ethyl adjacent to an activating group) is 1. The fourth-order valence-electron chi connectivity index (χ4n) is 3.17. The highest BCUT2D eigenvalue weighted by atomic mass is 35.5. The Bertz CT molecular complexity index is 856. The topological polar surface area (TPSA) is 49.4 Å². The normalized spacial score (nSPS) is 11.8. The molecule has 1 unspecified atom stereocenters. The second-order valence-corrected chi connectivity index (χ2v) is 8.76. The van der Waals surface area contributed by atoms with Crippen LogP contribution in [0.1, 0.15) is 37.0 Å². The maximum absolute atomic E-state index is 13.2. The molecule has 1 N–H and O–H groups in total. The van der Waals surface area contributed by atoms with Gasteiger partial charge in [-0.2, -0.15) is 0 Å². The molecule has 162 valence electrons. The molecule has 0 saturated heterocycles. The van der Waals surface area contributed by atoms with Crippen molar-refractivity contribution in [3.8, 4) is 0 Å². The molecule has 1 atom stereocenters. The summed E-state index contributed by atoms with van der Waals surface area (Å²) < 4.78 is 0. The van der Waals surface area contributed by atoms with E-state index in [9.17, 15) is 9.59 Å². The van der Waals surface area contributed by atoms with Crippen LogP contribution in [-0.4, -0.2) is 35.1 Å². The highest BCUT2D eigenvalue weighted by molar-refractivity contribution is 7.99. The summed E-state index contributed by atoms with van der Waals surface area (Å²) in [6.07, 6.45) is 0.502. The molecule has 2 rings (SSSR count). The van der Waals surface area contributed by atoms with Crippen molar-refractivity contribution in [1.82, 2.24) is 10.2 Å². The Morgan fingerprint density at radius 2 is 1.73 bits per heavy atom. The predicted molar refractivity (Wildman–Crippen MR) is 127 cm³/mol. The molecule has 2 amide bonds. The van der Waals surface area contributed by atoms with Crippen LogP contribution in [0.25, 0.3) is 0 Å². The van der Waals surface area contributed by atoms with Crippen LogP contribution in [0.5, 0.6) is 0 Å². The number of nitrogens with one attached hydrogen (secondary N) is 1. The third-order valence-corrected chi connectivity index (χ3v) is 6.55. The fraction of sp³-hybridized carbons (Fsp3) is 0.391. The lowest BCUT2D eigenvalue weighted by Gasteiger charge is -2.31. The first-order valence-electron chi connectivity index (χ1n) is 10.0. The average molecular weight is 467 g/mol. The number of rotatable bonds is 10. The zero-order valence-electron chi connectivity index (χ0n) is 17.6. The lowest BCUT2D eigenvalue weighted by molar-refractivity contribution is -0.139. The molecule has 7 heteroatoms. The van der Waals surface area contributed by atoms with Gasteiger partial charge in [-0.1, -0.05) is 60.5 Å². The number of hydrogen-bond donors (Lipinski definition) is 1. The van der Waals surface area contributed by atoms with Crippen LogP contribution in [-0.2, 0) is 21.9 Å². The van der Waals surface area contributed by atoms with Crippen LogP contribution in [0.2, 0.25) is 10.0 Å². The SMILES string of the molecule is CCNC(=O)C(CC)N(Cc1c(Cl)cccc1Cl)C(=O)CSCc1ccccc1C. The number of benzene rings is 2. The van der Waals surface area contributed by atoms with Gasteiger partial charge in [0.2, 0.25) is 11.8 Å². The van der Waals surface area contributed by atoms with Crippen molar-refractivity contribution < 1.29 is 9.59 Å². The molecule has 0 aliphatic rings. The minimum atomic E-state index is -0.580. The Kier molecular flexibility index (Phi) is 10.0. The molecule has 2 aromatic rings. The summed E-state index contributed by atoms with van der Waals surface area (Å²) in [5, 5.41) is 3.80. The molecule has 30 heavy (non-hydrogen) atoms. The maximum atomic E-state index is 13.2. The van der Waals surface area contributed by atoms with Gasteiger partial charge in [0, 0.05) is 34.5 Å². The van der Waals surface area contributed by atoms with Gasteiger partial charge in [-0.25, -0.2) is 0 Å². The number of aryl methyl sites for hydroxylation is 1. The van der Waals surface area contributed by atoms with Crippen molar-refractivity contribution >= 4 is 46.8 Å². The Labute approximate surface area is 193 Å². The van der Waals surface area contributed by atoms with E-state index in [1.54, 1.807) is 23.1 Å². The zero-order valence-corrected chi connectivity index (χ0v) is 19.9. The molecule has 0 aliphatic carbocycles. The lowest BCUT2D eigenvalue weighted by Crippen LogP contribution is -2.49. The highest BCUT2D eigenvalue weighted by Crippen LogP contribution is 2.27. The first-order chi connectivity index (χ1) is 14.4. The molecule has 2 aromatic carbocycles. The summed E-state index contributed by atoms with van der Waals surface area (Å²) in [5.74, 6) is 0.728. The molecule has 0 heterocycles. The maximum Gasteiger partial charge on any atom is 0.242 e.